The van der Waals surface area contributed by atoms with E-state index in [9.17, 15) is 0 Å². The van der Waals surface area contributed by atoms with E-state index in [2.05, 4.69) is 28.9 Å². The van der Waals surface area contributed by atoms with Gasteiger partial charge in [-0.25, -0.2) is 0 Å². The van der Waals surface area contributed by atoms with Crippen molar-refractivity contribution in [3.8, 4) is 0 Å². The van der Waals surface area contributed by atoms with E-state index in [1.54, 1.807) is 7.11 Å². The molecule has 2 fully saturated rings. The molecule has 3 rings (SSSR count). The number of hydrogen-bond acceptors (Lipinski definition) is 4. The van der Waals surface area contributed by atoms with Gasteiger partial charge in [0.15, 0.2) is 5.79 Å². The van der Waals surface area contributed by atoms with Gasteiger partial charge in [-0.2, -0.15) is 0 Å². The summed E-state index contributed by atoms with van der Waals surface area (Å²) in [7, 11) is 1.71. The number of fused-ring (bicyclic) bond motifs is 2. The van der Waals surface area contributed by atoms with Crippen LogP contribution in [0.5, 0.6) is 0 Å². The number of hydrogen-bond donors (Lipinski definition) is 0. The van der Waals surface area contributed by atoms with Crippen molar-refractivity contribution in [2.45, 2.75) is 50.5 Å². The minimum absolute atomic E-state index is 0.00108. The second kappa shape index (κ2) is 6.34. The van der Waals surface area contributed by atoms with Crippen LogP contribution in [0, 0.1) is 0 Å². The summed E-state index contributed by atoms with van der Waals surface area (Å²) in [4.78, 5) is 0. The summed E-state index contributed by atoms with van der Waals surface area (Å²) in [5.41, 5.74) is 1.14. The molecule has 1 aromatic carbocycles. The Hall–Kier alpha value is -0.460. The zero-order valence-electron chi connectivity index (χ0n) is 12.4. The largest absolute Gasteiger partial charge is 0.376 e. The van der Waals surface area contributed by atoms with Crippen LogP contribution in [0.4, 0.5) is 0 Å². The fraction of sp³-hybridized carbons (Fsp3) is 0.625. The summed E-state index contributed by atoms with van der Waals surface area (Å²) in [5.74, 6) is -0.577. The first kappa shape index (κ1) is 15.4. The fourth-order valence-electron chi connectivity index (χ4n) is 3.12. The van der Waals surface area contributed by atoms with E-state index in [-0.39, 0.29) is 18.3 Å². The van der Waals surface area contributed by atoms with Gasteiger partial charge in [-0.15, -0.1) is 0 Å². The van der Waals surface area contributed by atoms with Crippen molar-refractivity contribution in [2.24, 2.45) is 0 Å². The molecule has 2 saturated heterocycles. The first-order valence-corrected chi connectivity index (χ1v) is 8.17. The molecule has 0 aromatic heterocycles. The first-order chi connectivity index (χ1) is 10.2. The highest BCUT2D eigenvalue weighted by Crippen LogP contribution is 2.41. The van der Waals surface area contributed by atoms with E-state index in [1.807, 2.05) is 18.2 Å². The lowest BCUT2D eigenvalue weighted by molar-refractivity contribution is -0.275. The zero-order valence-corrected chi connectivity index (χ0v) is 14.0. The Morgan fingerprint density at radius 2 is 2.19 bits per heavy atom. The fourth-order valence-corrected chi connectivity index (χ4v) is 3.52. The van der Waals surface area contributed by atoms with Gasteiger partial charge in [0.05, 0.1) is 19.3 Å². The molecule has 0 saturated carbocycles. The predicted octanol–water partition coefficient (Wildman–Crippen LogP) is 3.27. The van der Waals surface area contributed by atoms with Crippen molar-refractivity contribution in [3.05, 3.63) is 34.3 Å². The summed E-state index contributed by atoms with van der Waals surface area (Å²) in [5, 5.41) is 0. The molecule has 0 N–H and O–H groups in total. The van der Waals surface area contributed by atoms with Crippen molar-refractivity contribution >= 4 is 15.9 Å². The molecule has 4 atom stereocenters. The third kappa shape index (κ3) is 2.90. The first-order valence-electron chi connectivity index (χ1n) is 7.38. The number of methoxy groups -OCH3 is 1. The van der Waals surface area contributed by atoms with E-state index in [4.69, 9.17) is 18.9 Å². The molecule has 2 bridgehead atoms. The maximum Gasteiger partial charge on any atom is 0.195 e. The third-order valence-electron chi connectivity index (χ3n) is 4.38. The van der Waals surface area contributed by atoms with Crippen molar-refractivity contribution < 1.29 is 18.9 Å². The van der Waals surface area contributed by atoms with Crippen molar-refractivity contribution in [1.29, 1.82) is 0 Å². The second-order valence-corrected chi connectivity index (χ2v) is 6.39. The van der Waals surface area contributed by atoms with Crippen molar-refractivity contribution in [3.63, 3.8) is 0 Å². The molecule has 2 aliphatic rings. The maximum absolute atomic E-state index is 6.09. The molecule has 1 aromatic rings. The molecule has 1 unspecified atom stereocenters. The van der Waals surface area contributed by atoms with Crippen LogP contribution in [0.25, 0.3) is 0 Å². The number of rotatable bonds is 5. The van der Waals surface area contributed by atoms with Gasteiger partial charge in [0.25, 0.3) is 0 Å². The molecule has 2 heterocycles. The molecule has 5 heteroatoms. The minimum Gasteiger partial charge on any atom is -0.376 e. The Labute approximate surface area is 133 Å². The highest BCUT2D eigenvalue weighted by Gasteiger charge is 2.54. The van der Waals surface area contributed by atoms with Crippen LogP contribution in [0.1, 0.15) is 25.3 Å². The Morgan fingerprint density at radius 3 is 2.90 bits per heavy atom. The van der Waals surface area contributed by atoms with Gasteiger partial charge in [0.1, 0.15) is 12.2 Å². The SMILES string of the molecule is CCC12OC[C@@H](O1)[C@@H](OCc1ccccc1Br)C[C@H]2OC. The molecule has 0 amide bonds. The molecule has 0 radical (unpaired) electrons. The average molecular weight is 357 g/mol. The van der Waals surface area contributed by atoms with E-state index >= 15 is 0 Å². The van der Waals surface area contributed by atoms with E-state index < -0.39 is 5.79 Å². The van der Waals surface area contributed by atoms with Crippen LogP contribution >= 0.6 is 15.9 Å². The topological polar surface area (TPSA) is 36.9 Å². The molecule has 4 nitrogen and oxygen atoms in total. The normalized spacial score (nSPS) is 35.1. The van der Waals surface area contributed by atoms with E-state index in [1.165, 1.54) is 0 Å². The van der Waals surface area contributed by atoms with Crippen LogP contribution in [-0.4, -0.2) is 37.8 Å². The quantitative estimate of drug-likeness (QED) is 0.811. The Bertz CT molecular complexity index is 495. The molecule has 2 aliphatic heterocycles. The number of halogens is 1. The van der Waals surface area contributed by atoms with Gasteiger partial charge >= 0.3 is 0 Å². The molecule has 21 heavy (non-hydrogen) atoms. The van der Waals surface area contributed by atoms with Gasteiger partial charge in [0, 0.05) is 24.4 Å². The van der Waals surface area contributed by atoms with Gasteiger partial charge in [-0.1, -0.05) is 41.1 Å². The highest BCUT2D eigenvalue weighted by molar-refractivity contribution is 9.10. The number of ether oxygens (including phenoxy) is 4. The van der Waals surface area contributed by atoms with Crippen molar-refractivity contribution in [1.82, 2.24) is 0 Å². The van der Waals surface area contributed by atoms with Gasteiger partial charge in [0.2, 0.25) is 0 Å². The van der Waals surface area contributed by atoms with Crippen LogP contribution in [0.15, 0.2) is 28.7 Å². The summed E-state index contributed by atoms with van der Waals surface area (Å²) in [6.45, 7) is 3.20. The maximum atomic E-state index is 6.09. The smallest absolute Gasteiger partial charge is 0.195 e. The predicted molar refractivity (Wildman–Crippen MR) is 82.0 cm³/mol. The second-order valence-electron chi connectivity index (χ2n) is 5.53. The highest BCUT2D eigenvalue weighted by atomic mass is 79.9. The third-order valence-corrected chi connectivity index (χ3v) is 5.16. The average Bonchev–Trinajstić information content (AvgIpc) is 2.89. The summed E-state index contributed by atoms with van der Waals surface area (Å²) in [6.07, 6.45) is 1.52. The van der Waals surface area contributed by atoms with Crippen LogP contribution < -0.4 is 0 Å². The lowest BCUT2D eigenvalue weighted by Gasteiger charge is -2.40. The van der Waals surface area contributed by atoms with Gasteiger partial charge in [-0.05, 0) is 11.6 Å². The lowest BCUT2D eigenvalue weighted by Crippen LogP contribution is -2.52. The molecule has 0 spiro atoms. The van der Waals surface area contributed by atoms with Gasteiger partial charge in [-0.3, -0.25) is 0 Å². The lowest BCUT2D eigenvalue weighted by atomic mass is 9.96. The standard InChI is InChI=1S/C16H21BrO4/c1-3-16-15(18-2)8-13(14(21-16)10-20-16)19-9-11-6-4-5-7-12(11)17/h4-7,13-15H,3,8-10H2,1-2H3/t13-,14+,15+,16?/m0/s1. The van der Waals surface area contributed by atoms with Gasteiger partial charge < -0.3 is 18.9 Å². The van der Waals surface area contributed by atoms with Crippen LogP contribution in [0.3, 0.4) is 0 Å². The summed E-state index contributed by atoms with van der Waals surface area (Å²) >= 11 is 3.55. The van der Waals surface area contributed by atoms with E-state index in [0.717, 1.165) is 22.9 Å². The Morgan fingerprint density at radius 1 is 1.38 bits per heavy atom. The summed E-state index contributed by atoms with van der Waals surface area (Å²) in [6, 6.07) is 8.09. The van der Waals surface area contributed by atoms with Crippen molar-refractivity contribution in [2.75, 3.05) is 13.7 Å². The zero-order chi connectivity index (χ0) is 14.9. The summed E-state index contributed by atoms with van der Waals surface area (Å²) < 4.78 is 24.7. The molecule has 116 valence electrons. The van der Waals surface area contributed by atoms with Crippen LogP contribution in [0.2, 0.25) is 0 Å². The molecular weight excluding hydrogens is 336 g/mol. The molecule has 0 aliphatic carbocycles. The Balaban J connectivity index is 1.66. The monoisotopic (exact) mass is 356 g/mol. The Kier molecular flexibility index (Phi) is 4.66. The minimum atomic E-state index is -0.577. The number of benzene rings is 1. The molecular formula is C16H21BrO4. The van der Waals surface area contributed by atoms with E-state index in [0.29, 0.717) is 13.2 Å². The van der Waals surface area contributed by atoms with Crippen LogP contribution in [-0.2, 0) is 25.6 Å².